The van der Waals surface area contributed by atoms with Gasteiger partial charge in [0.15, 0.2) is 0 Å². The zero-order chi connectivity index (χ0) is 38.6. The van der Waals surface area contributed by atoms with Crippen LogP contribution in [0.4, 0.5) is 5.69 Å². The molecule has 10 nitrogen and oxygen atoms in total. The van der Waals surface area contributed by atoms with Gasteiger partial charge in [0.05, 0.1) is 36.6 Å². The number of aliphatic hydroxyl groups is 1. The minimum absolute atomic E-state index is 0.116. The second kappa shape index (κ2) is 16.8. The Morgan fingerprint density at radius 2 is 1.70 bits per heavy atom. The van der Waals surface area contributed by atoms with Crippen LogP contribution >= 0.6 is 15.9 Å². The molecule has 0 radical (unpaired) electrons. The average molecular weight is 799 g/mol. The Labute approximate surface area is 325 Å². The molecule has 3 heterocycles. The maximum Gasteiger partial charge on any atom is 0.306 e. The monoisotopic (exact) mass is 797 g/mol. The molecule has 2 N–H and O–H groups in total. The third-order valence-corrected chi connectivity index (χ3v) is 11.8. The van der Waals surface area contributed by atoms with Gasteiger partial charge >= 0.3 is 5.97 Å². The number of carbonyl (C=O) groups excluding carboxylic acids is 4. The molecule has 54 heavy (non-hydrogen) atoms. The number of fused-ring (bicyclic) bond motifs is 1. The van der Waals surface area contributed by atoms with Crippen LogP contribution in [0.5, 0.6) is 0 Å². The summed E-state index contributed by atoms with van der Waals surface area (Å²) in [7, 11) is 0. The summed E-state index contributed by atoms with van der Waals surface area (Å²) in [5, 5.41) is 14.0. The molecule has 3 aromatic rings. The number of rotatable bonds is 16. The fourth-order valence-electron chi connectivity index (χ4n) is 8.62. The normalized spacial score (nSPS) is 25.1. The van der Waals surface area contributed by atoms with Gasteiger partial charge in [-0.3, -0.25) is 19.2 Å². The molecular weight excluding hydrogens is 750 g/mol. The van der Waals surface area contributed by atoms with Gasteiger partial charge in [0.25, 0.3) is 5.91 Å². The number of carbonyl (C=O) groups is 4. The van der Waals surface area contributed by atoms with Crippen LogP contribution < -0.4 is 10.2 Å². The lowest BCUT2D eigenvalue weighted by Crippen LogP contribution is -2.59. The van der Waals surface area contributed by atoms with Crippen molar-refractivity contribution in [1.29, 1.82) is 0 Å². The van der Waals surface area contributed by atoms with Crippen molar-refractivity contribution in [1.82, 2.24) is 10.2 Å². The SMILES string of the molecule is C=CCCC(=O)OC[C@H](NC(=O)[C@H]1[C@@H]2O[C@@]3(CC2Br)[C@@H]1C(=O)N([C@@H](CO)Cc1ccccc1)[C@@H]3C(=O)N(CC=C)c1c(C)cccc1C)c1ccccc1. The molecule has 1 spiro atoms. The number of nitrogens with one attached hydrogen (secondary N) is 1. The van der Waals surface area contributed by atoms with Crippen LogP contribution in [0.1, 0.15) is 47.6 Å². The Morgan fingerprint density at radius 3 is 2.33 bits per heavy atom. The first kappa shape index (κ1) is 39.1. The summed E-state index contributed by atoms with van der Waals surface area (Å²) >= 11 is 3.78. The number of para-hydroxylation sites is 1. The van der Waals surface area contributed by atoms with Crippen LogP contribution in [0.3, 0.4) is 0 Å². The number of esters is 1. The molecule has 0 aliphatic carbocycles. The van der Waals surface area contributed by atoms with E-state index in [1.807, 2.05) is 92.7 Å². The van der Waals surface area contributed by atoms with Gasteiger partial charge in [-0.2, -0.15) is 0 Å². The number of aryl methyl sites for hydroxylation is 2. The number of nitrogens with zero attached hydrogens (tertiary/aromatic N) is 2. The van der Waals surface area contributed by atoms with E-state index in [4.69, 9.17) is 9.47 Å². The highest BCUT2D eigenvalue weighted by molar-refractivity contribution is 9.09. The molecule has 3 amide bonds. The van der Waals surface area contributed by atoms with Crippen LogP contribution in [-0.2, 0) is 35.1 Å². The number of hydrogen-bond acceptors (Lipinski definition) is 7. The van der Waals surface area contributed by atoms with E-state index in [2.05, 4.69) is 34.4 Å². The molecule has 2 bridgehead atoms. The van der Waals surface area contributed by atoms with Crippen molar-refractivity contribution in [3.05, 3.63) is 126 Å². The van der Waals surface area contributed by atoms with E-state index in [0.717, 1.165) is 22.3 Å². The molecule has 11 heteroatoms. The molecule has 284 valence electrons. The van der Waals surface area contributed by atoms with Gasteiger partial charge in [0.2, 0.25) is 11.8 Å². The number of ether oxygens (including phenoxy) is 2. The van der Waals surface area contributed by atoms with E-state index in [0.29, 0.717) is 18.5 Å². The van der Waals surface area contributed by atoms with Crippen LogP contribution in [0.25, 0.3) is 0 Å². The third kappa shape index (κ3) is 7.41. The summed E-state index contributed by atoms with van der Waals surface area (Å²) in [5.41, 5.74) is 2.69. The Morgan fingerprint density at radius 1 is 1.04 bits per heavy atom. The summed E-state index contributed by atoms with van der Waals surface area (Å²) in [5.74, 6) is -3.66. The highest BCUT2D eigenvalue weighted by Gasteiger charge is 2.77. The fraction of sp³-hybridized carbons (Fsp3) is 0.395. The number of allylic oxidation sites excluding steroid dienone is 1. The van der Waals surface area contributed by atoms with Crippen LogP contribution in [-0.4, -0.2) is 82.1 Å². The Kier molecular flexibility index (Phi) is 12.2. The maximum atomic E-state index is 15.3. The molecule has 3 fully saturated rings. The van der Waals surface area contributed by atoms with Crippen molar-refractivity contribution < 1.29 is 33.8 Å². The number of benzene rings is 3. The van der Waals surface area contributed by atoms with E-state index in [9.17, 15) is 14.7 Å². The molecular formula is C43H48BrN3O7. The van der Waals surface area contributed by atoms with Crippen molar-refractivity contribution in [3.63, 3.8) is 0 Å². The Balaban J connectivity index is 1.40. The van der Waals surface area contributed by atoms with Crippen molar-refractivity contribution >= 4 is 45.3 Å². The van der Waals surface area contributed by atoms with Crippen LogP contribution in [0.15, 0.2) is 104 Å². The molecule has 1 unspecified atom stereocenters. The van der Waals surface area contributed by atoms with E-state index in [-0.39, 0.29) is 36.7 Å². The molecule has 0 saturated carbocycles. The second-order valence-corrected chi connectivity index (χ2v) is 15.6. The largest absolute Gasteiger partial charge is 0.463 e. The van der Waals surface area contributed by atoms with E-state index >= 15 is 9.59 Å². The number of aliphatic hydroxyl groups excluding tert-OH is 1. The van der Waals surface area contributed by atoms with Crippen molar-refractivity contribution in [2.24, 2.45) is 11.8 Å². The molecule has 0 aromatic heterocycles. The fourth-order valence-corrected chi connectivity index (χ4v) is 9.56. The molecule has 3 saturated heterocycles. The highest BCUT2D eigenvalue weighted by atomic mass is 79.9. The lowest BCUT2D eigenvalue weighted by Gasteiger charge is -2.40. The Bertz CT molecular complexity index is 1850. The van der Waals surface area contributed by atoms with E-state index < -0.39 is 66.1 Å². The lowest BCUT2D eigenvalue weighted by atomic mass is 9.70. The van der Waals surface area contributed by atoms with Gasteiger partial charge in [-0.1, -0.05) is 107 Å². The summed E-state index contributed by atoms with van der Waals surface area (Å²) in [6.45, 7) is 11.1. The molecule has 3 aromatic carbocycles. The number of amides is 3. The van der Waals surface area contributed by atoms with Gasteiger partial charge in [-0.15, -0.1) is 13.2 Å². The first-order valence-corrected chi connectivity index (χ1v) is 19.4. The number of alkyl halides is 1. The van der Waals surface area contributed by atoms with Gasteiger partial charge < -0.3 is 29.7 Å². The first-order chi connectivity index (χ1) is 26.1. The predicted molar refractivity (Wildman–Crippen MR) is 210 cm³/mol. The first-order valence-electron chi connectivity index (χ1n) is 18.4. The van der Waals surface area contributed by atoms with Gasteiger partial charge in [0, 0.05) is 23.5 Å². The molecule has 6 rings (SSSR count). The summed E-state index contributed by atoms with van der Waals surface area (Å²) in [6, 6.07) is 21.8. The summed E-state index contributed by atoms with van der Waals surface area (Å²) in [4.78, 5) is 60.3. The number of likely N-dealkylation sites (tertiary alicyclic amines) is 1. The van der Waals surface area contributed by atoms with Crippen LogP contribution in [0.2, 0.25) is 0 Å². The Hall–Kier alpha value is -4.58. The zero-order valence-corrected chi connectivity index (χ0v) is 32.3. The number of hydrogen-bond donors (Lipinski definition) is 2. The molecule has 3 aliphatic rings. The van der Waals surface area contributed by atoms with Crippen molar-refractivity contribution in [2.45, 2.75) is 74.2 Å². The van der Waals surface area contributed by atoms with Crippen molar-refractivity contribution in [2.75, 3.05) is 24.7 Å². The zero-order valence-electron chi connectivity index (χ0n) is 30.7. The summed E-state index contributed by atoms with van der Waals surface area (Å²) < 4.78 is 12.4. The lowest BCUT2D eigenvalue weighted by molar-refractivity contribution is -0.146. The predicted octanol–water partition coefficient (Wildman–Crippen LogP) is 5.54. The van der Waals surface area contributed by atoms with Gasteiger partial charge in [-0.05, 0) is 55.4 Å². The second-order valence-electron chi connectivity index (χ2n) is 14.4. The minimum atomic E-state index is -1.38. The quantitative estimate of drug-likeness (QED) is 0.111. The van der Waals surface area contributed by atoms with Gasteiger partial charge in [-0.25, -0.2) is 0 Å². The van der Waals surface area contributed by atoms with Crippen LogP contribution in [0, 0.1) is 25.7 Å². The number of halogens is 1. The standard InChI is InChI=1S/C43H48BrN3O7/c1-5-7-21-34(49)53-26-33(30-19-12-9-13-20-30)45-40(50)35-36-41(51)47(31(25-48)23-29-17-10-8-11-18-29)39(43(36)24-32(44)38(35)54-43)42(52)46(22-6-2)37-27(3)15-14-16-28(37)4/h5-6,8-20,31-33,35-36,38-39,48H,1-2,7,21-26H2,3-4H3,(H,45,50)/t31-,32?,33+,35-,36+,38-,39-,43+/m1/s1. The van der Waals surface area contributed by atoms with Crippen molar-refractivity contribution in [3.8, 4) is 0 Å². The topological polar surface area (TPSA) is 125 Å². The maximum absolute atomic E-state index is 15.3. The third-order valence-electron chi connectivity index (χ3n) is 11.0. The average Bonchev–Trinajstić information content (AvgIpc) is 3.77. The number of anilines is 1. The van der Waals surface area contributed by atoms with E-state index in [1.165, 1.54) is 4.90 Å². The molecule has 3 aliphatic heterocycles. The smallest absolute Gasteiger partial charge is 0.306 e. The molecule has 8 atom stereocenters. The summed E-state index contributed by atoms with van der Waals surface area (Å²) in [6.07, 6.45) is 3.77. The highest BCUT2D eigenvalue weighted by Crippen LogP contribution is 2.61. The van der Waals surface area contributed by atoms with Gasteiger partial charge in [0.1, 0.15) is 18.2 Å². The van der Waals surface area contributed by atoms with E-state index in [1.54, 1.807) is 17.1 Å². The minimum Gasteiger partial charge on any atom is -0.463 e.